The number of carbonyl (C=O) groups excluding carboxylic acids is 1. The van der Waals surface area contributed by atoms with Crippen molar-refractivity contribution in [3.05, 3.63) is 24.3 Å². The van der Waals surface area contributed by atoms with Gasteiger partial charge in [0.25, 0.3) is 0 Å². The number of benzene rings is 1. The number of anilines is 1. The van der Waals surface area contributed by atoms with Gasteiger partial charge in [0.2, 0.25) is 5.91 Å². The first kappa shape index (κ1) is 16.8. The Kier molecular flexibility index (Phi) is 4.78. The fraction of sp³-hybridized carbons (Fsp3) is 0.588. The van der Waals surface area contributed by atoms with Gasteiger partial charge in [0.1, 0.15) is 11.3 Å². The van der Waals surface area contributed by atoms with Gasteiger partial charge in [-0.15, -0.1) is 0 Å². The van der Waals surface area contributed by atoms with E-state index < -0.39 is 11.0 Å². The van der Waals surface area contributed by atoms with Gasteiger partial charge in [0, 0.05) is 30.2 Å². The van der Waals surface area contributed by atoms with Crippen molar-refractivity contribution in [2.24, 2.45) is 11.1 Å². The standard InChI is InChI=1S/C17H26N2O3/c1-5-21-13-9-7-8-12(10-13)19-15(20)17(18)11-14(22-6-2)16(17,3)4/h7-10,14H,5-6,11,18H2,1-4H3,(H,19,20). The summed E-state index contributed by atoms with van der Waals surface area (Å²) in [6.07, 6.45) is 0.549. The minimum atomic E-state index is -0.922. The van der Waals surface area contributed by atoms with Crippen LogP contribution in [0.15, 0.2) is 24.3 Å². The molecule has 0 saturated heterocycles. The maximum Gasteiger partial charge on any atom is 0.245 e. The van der Waals surface area contributed by atoms with Crippen LogP contribution in [0.25, 0.3) is 0 Å². The van der Waals surface area contributed by atoms with Gasteiger partial charge in [0.05, 0.1) is 12.7 Å². The Balaban J connectivity index is 2.08. The number of carbonyl (C=O) groups is 1. The van der Waals surface area contributed by atoms with E-state index >= 15 is 0 Å². The molecule has 1 aliphatic carbocycles. The molecule has 5 heteroatoms. The normalized spacial score (nSPS) is 26.1. The highest BCUT2D eigenvalue weighted by Crippen LogP contribution is 2.50. The number of ether oxygens (including phenoxy) is 2. The van der Waals surface area contributed by atoms with Crippen molar-refractivity contribution < 1.29 is 14.3 Å². The third kappa shape index (κ3) is 2.83. The Morgan fingerprint density at radius 2 is 2.09 bits per heavy atom. The lowest BCUT2D eigenvalue weighted by Crippen LogP contribution is -2.74. The molecule has 2 atom stereocenters. The van der Waals surface area contributed by atoms with E-state index in [1.165, 1.54) is 0 Å². The molecule has 0 radical (unpaired) electrons. The average molecular weight is 306 g/mol. The van der Waals surface area contributed by atoms with Crippen LogP contribution in [-0.4, -0.2) is 30.8 Å². The van der Waals surface area contributed by atoms with Crippen molar-refractivity contribution in [1.29, 1.82) is 0 Å². The van der Waals surface area contributed by atoms with Crippen LogP contribution in [0.1, 0.15) is 34.1 Å². The maximum atomic E-state index is 12.6. The second-order valence-corrected chi connectivity index (χ2v) is 6.26. The molecule has 1 aromatic rings. The Bertz CT molecular complexity index is 544. The average Bonchev–Trinajstić information content (AvgIpc) is 2.47. The summed E-state index contributed by atoms with van der Waals surface area (Å²) in [5.41, 5.74) is 5.74. The SMILES string of the molecule is CCOc1cccc(NC(=O)C2(N)CC(OCC)C2(C)C)c1. The number of hydrogen-bond donors (Lipinski definition) is 2. The molecule has 2 unspecified atom stereocenters. The van der Waals surface area contributed by atoms with Gasteiger partial charge in [-0.05, 0) is 26.0 Å². The molecule has 1 fully saturated rings. The zero-order valence-electron chi connectivity index (χ0n) is 13.8. The third-order valence-corrected chi connectivity index (χ3v) is 4.64. The molecule has 0 spiro atoms. The minimum absolute atomic E-state index is 0.0167. The van der Waals surface area contributed by atoms with Crippen LogP contribution in [0.2, 0.25) is 0 Å². The van der Waals surface area contributed by atoms with Crippen LogP contribution < -0.4 is 15.8 Å². The van der Waals surface area contributed by atoms with Crippen LogP contribution in [-0.2, 0) is 9.53 Å². The summed E-state index contributed by atoms with van der Waals surface area (Å²) in [7, 11) is 0. The highest BCUT2D eigenvalue weighted by Gasteiger charge is 2.62. The van der Waals surface area contributed by atoms with Gasteiger partial charge in [-0.2, -0.15) is 0 Å². The molecule has 1 amide bonds. The van der Waals surface area contributed by atoms with Gasteiger partial charge in [-0.1, -0.05) is 19.9 Å². The van der Waals surface area contributed by atoms with E-state index in [9.17, 15) is 4.79 Å². The van der Waals surface area contributed by atoms with Crippen LogP contribution in [0.4, 0.5) is 5.69 Å². The second-order valence-electron chi connectivity index (χ2n) is 6.26. The molecule has 0 aliphatic heterocycles. The number of rotatable bonds is 6. The third-order valence-electron chi connectivity index (χ3n) is 4.64. The van der Waals surface area contributed by atoms with Gasteiger partial charge in [-0.25, -0.2) is 0 Å². The Hall–Kier alpha value is -1.59. The predicted molar refractivity (Wildman–Crippen MR) is 87.0 cm³/mol. The Morgan fingerprint density at radius 1 is 1.36 bits per heavy atom. The quantitative estimate of drug-likeness (QED) is 0.847. The van der Waals surface area contributed by atoms with Gasteiger partial charge in [-0.3, -0.25) is 4.79 Å². The first-order valence-corrected chi connectivity index (χ1v) is 7.80. The molecule has 1 aliphatic rings. The fourth-order valence-corrected chi connectivity index (χ4v) is 2.89. The van der Waals surface area contributed by atoms with Crippen molar-refractivity contribution in [3.8, 4) is 5.75 Å². The van der Waals surface area contributed by atoms with E-state index in [1.54, 1.807) is 6.07 Å². The molecule has 5 nitrogen and oxygen atoms in total. The largest absolute Gasteiger partial charge is 0.494 e. The number of hydrogen-bond acceptors (Lipinski definition) is 4. The molecule has 0 heterocycles. The van der Waals surface area contributed by atoms with Crippen LogP contribution >= 0.6 is 0 Å². The summed E-state index contributed by atoms with van der Waals surface area (Å²) < 4.78 is 11.1. The molecule has 22 heavy (non-hydrogen) atoms. The monoisotopic (exact) mass is 306 g/mol. The van der Waals surface area contributed by atoms with Crippen molar-refractivity contribution in [2.75, 3.05) is 18.5 Å². The molecule has 2 rings (SSSR count). The van der Waals surface area contributed by atoms with Crippen molar-refractivity contribution in [2.45, 2.75) is 45.8 Å². The van der Waals surface area contributed by atoms with Gasteiger partial charge >= 0.3 is 0 Å². The predicted octanol–water partition coefficient (Wildman–Crippen LogP) is 2.56. The fourth-order valence-electron chi connectivity index (χ4n) is 2.89. The lowest BCUT2D eigenvalue weighted by atomic mass is 9.54. The van der Waals surface area contributed by atoms with Crippen molar-refractivity contribution in [1.82, 2.24) is 0 Å². The summed E-state index contributed by atoms with van der Waals surface area (Å²) in [6, 6.07) is 7.33. The summed E-state index contributed by atoms with van der Waals surface area (Å²) in [4.78, 5) is 12.6. The van der Waals surface area contributed by atoms with Crippen LogP contribution in [0, 0.1) is 5.41 Å². The van der Waals surface area contributed by atoms with E-state index in [4.69, 9.17) is 15.2 Å². The molecule has 0 bridgehead atoms. The molecule has 1 aromatic carbocycles. The molecule has 122 valence electrons. The molecular weight excluding hydrogens is 280 g/mol. The van der Waals surface area contributed by atoms with E-state index in [2.05, 4.69) is 5.32 Å². The molecule has 3 N–H and O–H groups in total. The molecule has 1 saturated carbocycles. The highest BCUT2D eigenvalue weighted by atomic mass is 16.5. The summed E-state index contributed by atoms with van der Waals surface area (Å²) in [5.74, 6) is 0.550. The lowest BCUT2D eigenvalue weighted by Gasteiger charge is -2.57. The zero-order valence-corrected chi connectivity index (χ0v) is 13.8. The smallest absolute Gasteiger partial charge is 0.245 e. The first-order valence-electron chi connectivity index (χ1n) is 7.80. The number of amides is 1. The summed E-state index contributed by atoms with van der Waals surface area (Å²) in [6.45, 7) is 9.04. The highest BCUT2D eigenvalue weighted by molar-refractivity contribution is 5.99. The second kappa shape index (κ2) is 6.26. The van der Waals surface area contributed by atoms with Crippen LogP contribution in [0.3, 0.4) is 0 Å². The van der Waals surface area contributed by atoms with E-state index in [0.29, 0.717) is 25.3 Å². The Morgan fingerprint density at radius 3 is 2.68 bits per heavy atom. The summed E-state index contributed by atoms with van der Waals surface area (Å²) >= 11 is 0. The van der Waals surface area contributed by atoms with Crippen molar-refractivity contribution in [3.63, 3.8) is 0 Å². The first-order chi connectivity index (χ1) is 10.3. The molecular formula is C17H26N2O3. The molecule has 0 aromatic heterocycles. The van der Waals surface area contributed by atoms with Crippen LogP contribution in [0.5, 0.6) is 5.75 Å². The summed E-state index contributed by atoms with van der Waals surface area (Å²) in [5, 5.41) is 2.90. The van der Waals surface area contributed by atoms with Gasteiger partial charge in [0.15, 0.2) is 0 Å². The zero-order chi connectivity index (χ0) is 16.4. The van der Waals surface area contributed by atoms with E-state index in [-0.39, 0.29) is 12.0 Å². The van der Waals surface area contributed by atoms with Crippen molar-refractivity contribution >= 4 is 11.6 Å². The van der Waals surface area contributed by atoms with E-state index in [0.717, 1.165) is 5.75 Å². The van der Waals surface area contributed by atoms with E-state index in [1.807, 2.05) is 45.9 Å². The number of nitrogens with two attached hydrogens (primary N) is 1. The van der Waals surface area contributed by atoms with Gasteiger partial charge < -0.3 is 20.5 Å². The minimum Gasteiger partial charge on any atom is -0.494 e. The lowest BCUT2D eigenvalue weighted by molar-refractivity contribution is -0.166. The Labute approximate surface area is 132 Å². The maximum absolute atomic E-state index is 12.6. The topological polar surface area (TPSA) is 73.6 Å². The number of nitrogens with one attached hydrogen (secondary N) is 1.